The average molecular weight is 475 g/mol. The maximum Gasteiger partial charge on any atom is 0.227 e. The average Bonchev–Trinajstić information content (AvgIpc) is 3.00. The minimum atomic E-state index is -0.199. The van der Waals surface area contributed by atoms with Gasteiger partial charge in [-0.3, -0.25) is 4.79 Å². The number of ether oxygens (including phenoxy) is 2. The van der Waals surface area contributed by atoms with Gasteiger partial charge in [-0.2, -0.15) is 0 Å². The number of aromatic hydroxyl groups is 1. The molecule has 1 heterocycles. The summed E-state index contributed by atoms with van der Waals surface area (Å²) in [7, 11) is 1.96. The van der Waals surface area contributed by atoms with Gasteiger partial charge in [0.15, 0.2) is 11.5 Å². The quantitative estimate of drug-likeness (QED) is 0.556. The van der Waals surface area contributed by atoms with Gasteiger partial charge in [-0.25, -0.2) is 0 Å². The number of phenols is 1. The van der Waals surface area contributed by atoms with E-state index in [9.17, 15) is 9.90 Å². The van der Waals surface area contributed by atoms with Gasteiger partial charge in [-0.1, -0.05) is 50.6 Å². The van der Waals surface area contributed by atoms with Crippen LogP contribution in [0.5, 0.6) is 17.2 Å². The van der Waals surface area contributed by atoms with Gasteiger partial charge in [0.1, 0.15) is 5.75 Å². The molecule has 1 amide bonds. The summed E-state index contributed by atoms with van der Waals surface area (Å²) in [6.07, 6.45) is 0.810. The zero-order valence-corrected chi connectivity index (χ0v) is 20.8. The van der Waals surface area contributed by atoms with Crippen LogP contribution in [0.2, 0.25) is 5.02 Å². The number of amides is 1. The highest BCUT2D eigenvalue weighted by Crippen LogP contribution is 2.38. The van der Waals surface area contributed by atoms with Crippen molar-refractivity contribution in [3.63, 3.8) is 0 Å². The molecular formula is C26H35ClN2O4. The number of phenolic OH excluding ortho intramolecular Hbond substituents is 1. The molecule has 1 aliphatic rings. The molecule has 33 heavy (non-hydrogen) atoms. The van der Waals surface area contributed by atoms with Crippen LogP contribution in [0, 0.1) is 11.8 Å². The first-order chi connectivity index (χ1) is 15.7. The Morgan fingerprint density at radius 1 is 1.09 bits per heavy atom. The molecule has 1 unspecified atom stereocenters. The van der Waals surface area contributed by atoms with Gasteiger partial charge in [0.05, 0.1) is 18.2 Å². The zero-order chi connectivity index (χ0) is 24.0. The summed E-state index contributed by atoms with van der Waals surface area (Å²) >= 11 is 6.47. The Hall–Kier alpha value is -2.44. The molecule has 2 aromatic rings. The van der Waals surface area contributed by atoms with E-state index in [0.717, 1.165) is 17.5 Å². The van der Waals surface area contributed by atoms with E-state index < -0.39 is 0 Å². The minimum Gasteiger partial charge on any atom is -0.508 e. The first-order valence-electron chi connectivity index (χ1n) is 11.6. The standard InChI is InChI=1S/C26H35ClN2O4/c1-18(2)14-29(16-20-12-22(27)25-24(13-20)32-10-7-11-33-25)26(31)19(3)15-28(4)17-21-8-5-6-9-23(21)30/h5-6,8-9,12-13,18-19,30H,7,10-11,14-17H2,1-4H3. The summed E-state index contributed by atoms with van der Waals surface area (Å²) in [5.74, 6) is 1.72. The van der Waals surface area contributed by atoms with Crippen molar-refractivity contribution in [2.45, 2.75) is 40.3 Å². The number of benzene rings is 2. The van der Waals surface area contributed by atoms with Crippen LogP contribution in [-0.2, 0) is 17.9 Å². The molecule has 3 rings (SSSR count). The molecule has 0 aliphatic carbocycles. The minimum absolute atomic E-state index is 0.0936. The van der Waals surface area contributed by atoms with Crippen molar-refractivity contribution >= 4 is 17.5 Å². The third-order valence-electron chi connectivity index (χ3n) is 5.57. The summed E-state index contributed by atoms with van der Waals surface area (Å²) in [5, 5.41) is 10.6. The highest BCUT2D eigenvalue weighted by atomic mass is 35.5. The van der Waals surface area contributed by atoms with Gasteiger partial charge < -0.3 is 24.4 Å². The second-order valence-electron chi connectivity index (χ2n) is 9.29. The van der Waals surface area contributed by atoms with Gasteiger partial charge in [0.25, 0.3) is 0 Å². The topological polar surface area (TPSA) is 62.2 Å². The molecular weight excluding hydrogens is 440 g/mol. The summed E-state index contributed by atoms with van der Waals surface area (Å²) in [6.45, 7) is 9.61. The molecule has 0 aromatic heterocycles. The Kier molecular flexibility index (Phi) is 8.87. The van der Waals surface area contributed by atoms with Crippen LogP contribution in [0.15, 0.2) is 36.4 Å². The zero-order valence-electron chi connectivity index (χ0n) is 20.0. The second-order valence-corrected chi connectivity index (χ2v) is 9.70. The van der Waals surface area contributed by atoms with Crippen LogP contribution in [0.1, 0.15) is 38.3 Å². The molecule has 2 aromatic carbocycles. The largest absolute Gasteiger partial charge is 0.508 e. The van der Waals surface area contributed by atoms with E-state index in [1.165, 1.54) is 0 Å². The summed E-state index contributed by atoms with van der Waals surface area (Å²) < 4.78 is 11.5. The van der Waals surface area contributed by atoms with Crippen molar-refractivity contribution in [1.29, 1.82) is 0 Å². The van der Waals surface area contributed by atoms with Crippen molar-refractivity contribution in [2.24, 2.45) is 11.8 Å². The Bertz CT molecular complexity index is 950. The molecule has 1 atom stereocenters. The molecule has 180 valence electrons. The molecule has 1 N–H and O–H groups in total. The maximum absolute atomic E-state index is 13.4. The molecule has 1 aliphatic heterocycles. The van der Waals surface area contributed by atoms with Crippen LogP contribution in [-0.4, -0.2) is 54.2 Å². The number of fused-ring (bicyclic) bond motifs is 1. The predicted octanol–water partition coefficient (Wildman–Crippen LogP) is 4.96. The summed E-state index contributed by atoms with van der Waals surface area (Å²) in [6, 6.07) is 11.1. The fourth-order valence-corrected chi connectivity index (χ4v) is 4.41. The van der Waals surface area contributed by atoms with Crippen LogP contribution in [0.3, 0.4) is 0 Å². The lowest BCUT2D eigenvalue weighted by molar-refractivity contribution is -0.136. The third kappa shape index (κ3) is 7.02. The number of halogens is 1. The first kappa shape index (κ1) is 25.2. The summed E-state index contributed by atoms with van der Waals surface area (Å²) in [5.41, 5.74) is 1.77. The maximum atomic E-state index is 13.4. The molecule has 0 radical (unpaired) electrons. The fourth-order valence-electron chi connectivity index (χ4n) is 4.13. The van der Waals surface area contributed by atoms with Crippen LogP contribution < -0.4 is 9.47 Å². The van der Waals surface area contributed by atoms with Gasteiger partial charge >= 0.3 is 0 Å². The smallest absolute Gasteiger partial charge is 0.227 e. The number of hydrogen-bond acceptors (Lipinski definition) is 5. The van der Waals surface area contributed by atoms with Gasteiger partial charge in [0, 0.05) is 44.1 Å². The van der Waals surface area contributed by atoms with Gasteiger partial charge in [-0.05, 0) is 36.7 Å². The van der Waals surface area contributed by atoms with Crippen molar-refractivity contribution in [1.82, 2.24) is 9.80 Å². The van der Waals surface area contributed by atoms with E-state index in [1.807, 2.05) is 43.1 Å². The normalized spacial score (nSPS) is 14.3. The van der Waals surface area contributed by atoms with Crippen LogP contribution in [0.25, 0.3) is 0 Å². The van der Waals surface area contributed by atoms with Gasteiger partial charge in [-0.15, -0.1) is 0 Å². The van der Waals surface area contributed by atoms with E-state index in [0.29, 0.717) is 61.8 Å². The lowest BCUT2D eigenvalue weighted by Gasteiger charge is -2.30. The Labute approximate surface area is 202 Å². The molecule has 6 nitrogen and oxygen atoms in total. The second kappa shape index (κ2) is 11.6. The van der Waals surface area contributed by atoms with E-state index >= 15 is 0 Å². The highest BCUT2D eigenvalue weighted by Gasteiger charge is 2.24. The first-order valence-corrected chi connectivity index (χ1v) is 11.9. The number of nitrogens with zero attached hydrogens (tertiary/aromatic N) is 2. The fraction of sp³-hybridized carbons (Fsp3) is 0.500. The number of para-hydroxylation sites is 1. The number of carbonyl (C=O) groups is 1. The summed E-state index contributed by atoms with van der Waals surface area (Å²) in [4.78, 5) is 17.4. The Morgan fingerprint density at radius 3 is 2.55 bits per heavy atom. The molecule has 0 fully saturated rings. The van der Waals surface area contributed by atoms with Crippen molar-refractivity contribution < 1.29 is 19.4 Å². The number of hydrogen-bond donors (Lipinski definition) is 1. The van der Waals surface area contributed by atoms with E-state index in [-0.39, 0.29) is 17.6 Å². The monoisotopic (exact) mass is 474 g/mol. The van der Waals surface area contributed by atoms with Crippen LogP contribution in [0.4, 0.5) is 0 Å². The lowest BCUT2D eigenvalue weighted by Crippen LogP contribution is -2.40. The predicted molar refractivity (Wildman–Crippen MR) is 131 cm³/mol. The highest BCUT2D eigenvalue weighted by molar-refractivity contribution is 6.32. The van der Waals surface area contributed by atoms with Crippen LogP contribution >= 0.6 is 11.6 Å². The molecule has 0 saturated carbocycles. The van der Waals surface area contributed by atoms with Crippen molar-refractivity contribution in [3.05, 3.63) is 52.5 Å². The Balaban J connectivity index is 1.70. The van der Waals surface area contributed by atoms with E-state index in [4.69, 9.17) is 21.1 Å². The lowest BCUT2D eigenvalue weighted by atomic mass is 10.1. The number of rotatable bonds is 9. The molecule has 0 saturated heterocycles. The number of carbonyl (C=O) groups excluding carboxylic acids is 1. The van der Waals surface area contributed by atoms with Gasteiger partial charge in [0.2, 0.25) is 5.91 Å². The molecule has 7 heteroatoms. The molecule has 0 bridgehead atoms. The molecule has 0 spiro atoms. The van der Waals surface area contributed by atoms with E-state index in [2.05, 4.69) is 18.7 Å². The Morgan fingerprint density at radius 2 is 1.82 bits per heavy atom. The van der Waals surface area contributed by atoms with Crippen molar-refractivity contribution in [2.75, 3.05) is 33.4 Å². The van der Waals surface area contributed by atoms with Crippen molar-refractivity contribution in [3.8, 4) is 17.2 Å². The third-order valence-corrected chi connectivity index (χ3v) is 5.85. The van der Waals surface area contributed by atoms with E-state index in [1.54, 1.807) is 12.1 Å². The SMILES string of the molecule is CC(C)CN(Cc1cc(Cl)c2c(c1)OCCCO2)C(=O)C(C)CN(C)Cc1ccccc1O.